The zero-order valence-corrected chi connectivity index (χ0v) is 20.1. The van der Waals surface area contributed by atoms with Gasteiger partial charge < -0.3 is 14.1 Å². The van der Waals surface area contributed by atoms with E-state index < -0.39 is 0 Å². The summed E-state index contributed by atoms with van der Waals surface area (Å²) in [6.45, 7) is 3.89. The molecule has 0 bridgehead atoms. The number of carbonyl (C=O) groups excluding carboxylic acids is 1. The fourth-order valence-corrected chi connectivity index (χ4v) is 4.46. The number of benzene rings is 3. The molecule has 0 aliphatic carbocycles. The van der Waals surface area contributed by atoms with Crippen LogP contribution in [0.25, 0.3) is 10.8 Å². The van der Waals surface area contributed by atoms with Gasteiger partial charge in [0.05, 0.1) is 10.0 Å². The number of fused-ring (bicyclic) bond motifs is 1. The highest BCUT2D eigenvalue weighted by atomic mass is 35.5. The van der Waals surface area contributed by atoms with Gasteiger partial charge in [-0.2, -0.15) is 0 Å². The highest BCUT2D eigenvalue weighted by molar-refractivity contribution is 6.42. The fourth-order valence-electron chi connectivity index (χ4n) is 4.14. The van der Waals surface area contributed by atoms with Gasteiger partial charge in [0.15, 0.2) is 5.76 Å². The number of rotatable bonds is 6. The number of halogens is 2. The lowest BCUT2D eigenvalue weighted by molar-refractivity contribution is 0.0594. The molecule has 1 aliphatic rings. The van der Waals surface area contributed by atoms with Crippen molar-refractivity contribution in [3.63, 3.8) is 0 Å². The van der Waals surface area contributed by atoms with E-state index >= 15 is 0 Å². The van der Waals surface area contributed by atoms with E-state index in [1.807, 2.05) is 53.4 Å². The van der Waals surface area contributed by atoms with Crippen molar-refractivity contribution in [2.75, 3.05) is 26.2 Å². The fraction of sp³-hybridized carbons (Fsp3) is 0.222. The maximum Gasteiger partial charge on any atom is 0.289 e. The molecule has 1 amide bonds. The summed E-state index contributed by atoms with van der Waals surface area (Å²) in [5.74, 6) is 1.64. The minimum Gasteiger partial charge on any atom is -0.486 e. The summed E-state index contributed by atoms with van der Waals surface area (Å²) in [5, 5.41) is 3.40. The second-order valence-corrected chi connectivity index (χ2v) is 9.19. The van der Waals surface area contributed by atoms with Gasteiger partial charge in [0.2, 0.25) is 0 Å². The van der Waals surface area contributed by atoms with Gasteiger partial charge in [0.1, 0.15) is 18.1 Å². The molecule has 7 heteroatoms. The predicted molar refractivity (Wildman–Crippen MR) is 135 cm³/mol. The molecule has 0 unspecified atom stereocenters. The van der Waals surface area contributed by atoms with Crippen LogP contribution in [0.5, 0.6) is 5.75 Å². The number of piperazine rings is 1. The summed E-state index contributed by atoms with van der Waals surface area (Å²) in [6.07, 6.45) is 0. The van der Waals surface area contributed by atoms with E-state index in [-0.39, 0.29) is 12.5 Å². The predicted octanol–water partition coefficient (Wildman–Crippen LogP) is 6.28. The molecular weight excluding hydrogens is 471 g/mol. The molecular formula is C27H24Cl2N2O3. The number of hydrogen-bond donors (Lipinski definition) is 0. The number of amides is 1. The third-order valence-corrected chi connectivity index (χ3v) is 6.76. The van der Waals surface area contributed by atoms with Crippen LogP contribution in [0, 0.1) is 0 Å². The van der Waals surface area contributed by atoms with Gasteiger partial charge in [0, 0.05) is 32.7 Å². The van der Waals surface area contributed by atoms with Gasteiger partial charge in [-0.3, -0.25) is 9.69 Å². The standard InChI is InChI=1S/C27H24Cl2N2O3/c28-24-9-5-19(15-25(24)29)17-30-11-13-31(14-12-30)27(32)26-10-8-23(34-26)18-33-22-7-6-20-3-1-2-4-21(20)16-22/h1-10,15-16H,11-14,17-18H2. The summed E-state index contributed by atoms with van der Waals surface area (Å²) in [5.41, 5.74) is 1.11. The van der Waals surface area contributed by atoms with Crippen LogP contribution in [-0.4, -0.2) is 41.9 Å². The van der Waals surface area contributed by atoms with Crippen LogP contribution in [0.1, 0.15) is 21.9 Å². The van der Waals surface area contributed by atoms with Crippen molar-refractivity contribution in [2.24, 2.45) is 0 Å². The molecule has 0 radical (unpaired) electrons. The second kappa shape index (κ2) is 10.1. The van der Waals surface area contributed by atoms with Crippen molar-refractivity contribution in [2.45, 2.75) is 13.2 Å². The monoisotopic (exact) mass is 494 g/mol. The third-order valence-electron chi connectivity index (χ3n) is 6.02. The van der Waals surface area contributed by atoms with Crippen LogP contribution in [0.2, 0.25) is 10.0 Å². The first kappa shape index (κ1) is 22.8. The molecule has 5 rings (SSSR count). The van der Waals surface area contributed by atoms with Gasteiger partial charge in [-0.05, 0) is 52.7 Å². The van der Waals surface area contributed by atoms with Crippen molar-refractivity contribution in [3.8, 4) is 5.75 Å². The van der Waals surface area contributed by atoms with Gasteiger partial charge in [-0.1, -0.05) is 59.6 Å². The lowest BCUT2D eigenvalue weighted by Crippen LogP contribution is -2.48. The van der Waals surface area contributed by atoms with Crippen LogP contribution in [-0.2, 0) is 13.2 Å². The van der Waals surface area contributed by atoms with Crippen molar-refractivity contribution in [1.29, 1.82) is 0 Å². The SMILES string of the molecule is O=C(c1ccc(COc2ccc3ccccc3c2)o1)N1CCN(Cc2ccc(Cl)c(Cl)c2)CC1. The Balaban J connectivity index is 1.13. The molecule has 1 fully saturated rings. The molecule has 4 aromatic rings. The Morgan fingerprint density at radius 1 is 0.853 bits per heavy atom. The Morgan fingerprint density at radius 2 is 1.65 bits per heavy atom. The minimum atomic E-state index is -0.0915. The van der Waals surface area contributed by atoms with Crippen LogP contribution >= 0.6 is 23.2 Å². The Kier molecular flexibility index (Phi) is 6.77. The van der Waals surface area contributed by atoms with E-state index in [2.05, 4.69) is 17.0 Å². The first-order valence-electron chi connectivity index (χ1n) is 11.2. The summed E-state index contributed by atoms with van der Waals surface area (Å²) >= 11 is 12.1. The molecule has 1 aromatic heterocycles. The lowest BCUT2D eigenvalue weighted by Gasteiger charge is -2.34. The third kappa shape index (κ3) is 5.22. The van der Waals surface area contributed by atoms with Gasteiger partial charge >= 0.3 is 0 Å². The van der Waals surface area contributed by atoms with Gasteiger partial charge in [-0.25, -0.2) is 0 Å². The maximum atomic E-state index is 12.9. The molecule has 2 heterocycles. The summed E-state index contributed by atoms with van der Waals surface area (Å²) < 4.78 is 11.7. The smallest absolute Gasteiger partial charge is 0.289 e. The van der Waals surface area contributed by atoms with E-state index in [4.69, 9.17) is 32.4 Å². The number of carbonyl (C=O) groups is 1. The van der Waals surface area contributed by atoms with E-state index in [0.29, 0.717) is 34.7 Å². The Labute approximate surface area is 208 Å². The molecule has 3 aromatic carbocycles. The molecule has 0 N–H and O–H groups in total. The summed E-state index contributed by atoms with van der Waals surface area (Å²) in [6, 6.07) is 23.3. The van der Waals surface area contributed by atoms with E-state index in [1.54, 1.807) is 12.1 Å². The van der Waals surface area contributed by atoms with Gasteiger partial charge in [0.25, 0.3) is 5.91 Å². The number of hydrogen-bond acceptors (Lipinski definition) is 4. The van der Waals surface area contributed by atoms with Crippen LogP contribution in [0.4, 0.5) is 0 Å². The Bertz CT molecular complexity index is 1310. The number of ether oxygens (including phenoxy) is 1. The highest BCUT2D eigenvalue weighted by Gasteiger charge is 2.24. The summed E-state index contributed by atoms with van der Waals surface area (Å²) in [4.78, 5) is 17.1. The molecule has 0 spiro atoms. The normalized spacial score (nSPS) is 14.5. The molecule has 0 atom stereocenters. The first-order chi connectivity index (χ1) is 16.5. The van der Waals surface area contributed by atoms with E-state index in [0.717, 1.165) is 41.7 Å². The molecule has 174 valence electrons. The number of nitrogens with zero attached hydrogens (tertiary/aromatic N) is 2. The minimum absolute atomic E-state index is 0.0915. The average Bonchev–Trinajstić information content (AvgIpc) is 3.34. The van der Waals surface area contributed by atoms with Crippen molar-refractivity contribution < 1.29 is 13.9 Å². The maximum absolute atomic E-state index is 12.9. The van der Waals surface area contributed by atoms with Crippen molar-refractivity contribution >= 4 is 39.9 Å². The molecule has 5 nitrogen and oxygen atoms in total. The molecule has 1 aliphatic heterocycles. The van der Waals surface area contributed by atoms with Crippen molar-refractivity contribution in [3.05, 3.63) is 99.9 Å². The molecule has 34 heavy (non-hydrogen) atoms. The molecule has 0 saturated carbocycles. The Hall–Kier alpha value is -2.99. The number of furan rings is 1. The highest BCUT2D eigenvalue weighted by Crippen LogP contribution is 2.24. The second-order valence-electron chi connectivity index (χ2n) is 8.38. The van der Waals surface area contributed by atoms with Crippen LogP contribution in [0.15, 0.2) is 77.2 Å². The zero-order valence-electron chi connectivity index (χ0n) is 18.5. The Morgan fingerprint density at radius 3 is 2.44 bits per heavy atom. The van der Waals surface area contributed by atoms with Crippen molar-refractivity contribution in [1.82, 2.24) is 9.80 Å². The topological polar surface area (TPSA) is 45.9 Å². The average molecular weight is 495 g/mol. The largest absolute Gasteiger partial charge is 0.486 e. The van der Waals surface area contributed by atoms with Crippen LogP contribution < -0.4 is 4.74 Å². The molecule has 1 saturated heterocycles. The first-order valence-corrected chi connectivity index (χ1v) is 12.0. The zero-order chi connectivity index (χ0) is 23.5. The lowest BCUT2D eigenvalue weighted by atomic mass is 10.1. The summed E-state index contributed by atoms with van der Waals surface area (Å²) in [7, 11) is 0. The van der Waals surface area contributed by atoms with E-state index in [1.165, 1.54) is 0 Å². The van der Waals surface area contributed by atoms with Gasteiger partial charge in [-0.15, -0.1) is 0 Å². The quantitative estimate of drug-likeness (QED) is 0.316. The van der Waals surface area contributed by atoms with E-state index in [9.17, 15) is 4.79 Å². The van der Waals surface area contributed by atoms with Crippen LogP contribution in [0.3, 0.4) is 0 Å².